The first-order chi connectivity index (χ1) is 9.52. The van der Waals surface area contributed by atoms with E-state index in [1.54, 1.807) is 25.2 Å². The van der Waals surface area contributed by atoms with Crippen molar-refractivity contribution in [2.45, 2.75) is 25.8 Å². The first-order valence-electron chi connectivity index (χ1n) is 6.63. The molecule has 0 bridgehead atoms. The fourth-order valence-electron chi connectivity index (χ4n) is 2.16. The van der Waals surface area contributed by atoms with E-state index in [1.165, 1.54) is 4.57 Å². The largest absolute Gasteiger partial charge is 0.396 e. The maximum atomic E-state index is 12.1. The minimum atomic E-state index is -0.200. The van der Waals surface area contributed by atoms with E-state index in [2.05, 4.69) is 10.3 Å². The molecular weight excluding hydrogens is 258 g/mol. The zero-order valence-electron chi connectivity index (χ0n) is 11.6. The van der Waals surface area contributed by atoms with Crippen molar-refractivity contribution in [3.8, 4) is 0 Å². The molecule has 1 atom stereocenters. The van der Waals surface area contributed by atoms with Crippen LogP contribution in [0.15, 0.2) is 23.0 Å². The number of carbonyl (C=O) groups is 1. The molecule has 2 rings (SSSR count). The van der Waals surface area contributed by atoms with E-state index in [4.69, 9.17) is 5.11 Å². The molecule has 0 spiro atoms. The molecule has 1 amide bonds. The number of benzene rings is 1. The lowest BCUT2D eigenvalue weighted by molar-refractivity contribution is 0.0936. The van der Waals surface area contributed by atoms with Gasteiger partial charge in [0.15, 0.2) is 0 Å². The van der Waals surface area contributed by atoms with Gasteiger partial charge in [-0.05, 0) is 38.0 Å². The number of nitrogens with one attached hydrogen (secondary N) is 2. The topological polar surface area (TPSA) is 87.1 Å². The third kappa shape index (κ3) is 2.91. The first-order valence-corrected chi connectivity index (χ1v) is 6.63. The smallest absolute Gasteiger partial charge is 0.326 e. The number of carbonyl (C=O) groups excluding carboxylic acids is 1. The summed E-state index contributed by atoms with van der Waals surface area (Å²) in [5, 5.41) is 11.6. The third-order valence-corrected chi connectivity index (χ3v) is 3.34. The Morgan fingerprint density at radius 3 is 2.95 bits per heavy atom. The van der Waals surface area contributed by atoms with Crippen LogP contribution in [0.4, 0.5) is 0 Å². The van der Waals surface area contributed by atoms with E-state index in [-0.39, 0.29) is 24.2 Å². The zero-order chi connectivity index (χ0) is 14.7. The Bertz CT molecular complexity index is 672. The second kappa shape index (κ2) is 5.92. The lowest BCUT2D eigenvalue weighted by Gasteiger charge is -2.13. The number of aromatic nitrogens is 2. The Hall–Kier alpha value is -2.08. The molecule has 0 aliphatic carbocycles. The molecular formula is C14H19N3O3. The highest BCUT2D eigenvalue weighted by Crippen LogP contribution is 2.12. The molecule has 2 aromatic rings. The number of nitrogens with zero attached hydrogens (tertiary/aromatic N) is 1. The zero-order valence-corrected chi connectivity index (χ0v) is 11.6. The van der Waals surface area contributed by atoms with Gasteiger partial charge in [-0.1, -0.05) is 0 Å². The fourth-order valence-corrected chi connectivity index (χ4v) is 2.16. The summed E-state index contributed by atoms with van der Waals surface area (Å²) in [5.41, 5.74) is 1.72. The predicted molar refractivity (Wildman–Crippen MR) is 76.8 cm³/mol. The van der Waals surface area contributed by atoms with Crippen LogP contribution in [0.5, 0.6) is 0 Å². The van der Waals surface area contributed by atoms with Crippen LogP contribution >= 0.6 is 0 Å². The number of fused-ring (bicyclic) bond motifs is 1. The van der Waals surface area contributed by atoms with Gasteiger partial charge in [0.05, 0.1) is 11.0 Å². The van der Waals surface area contributed by atoms with Gasteiger partial charge in [-0.25, -0.2) is 4.79 Å². The van der Waals surface area contributed by atoms with Gasteiger partial charge in [-0.15, -0.1) is 0 Å². The van der Waals surface area contributed by atoms with Crippen molar-refractivity contribution in [1.82, 2.24) is 14.9 Å². The molecule has 0 saturated carbocycles. The molecule has 0 saturated heterocycles. The van der Waals surface area contributed by atoms with Crippen molar-refractivity contribution >= 4 is 16.9 Å². The summed E-state index contributed by atoms with van der Waals surface area (Å²) in [6.07, 6.45) is 1.39. The molecule has 0 radical (unpaired) electrons. The van der Waals surface area contributed by atoms with E-state index in [0.29, 0.717) is 17.5 Å². The Kier molecular flexibility index (Phi) is 4.24. The van der Waals surface area contributed by atoms with Crippen LogP contribution in [0.3, 0.4) is 0 Å². The van der Waals surface area contributed by atoms with E-state index in [1.807, 2.05) is 6.92 Å². The first kappa shape index (κ1) is 14.3. The standard InChI is InChI=1S/C14H19N3O3/c1-9(4-3-7-18)15-13(19)10-5-6-12-11(8-10)16-14(20)17(12)2/h5-6,8-9,18H,3-4,7H2,1-2H3,(H,15,19)(H,16,20). The Labute approximate surface area is 116 Å². The van der Waals surface area contributed by atoms with Crippen molar-refractivity contribution in [1.29, 1.82) is 0 Å². The second-order valence-electron chi connectivity index (χ2n) is 4.96. The Morgan fingerprint density at radius 2 is 2.25 bits per heavy atom. The number of aliphatic hydroxyl groups excluding tert-OH is 1. The lowest BCUT2D eigenvalue weighted by Crippen LogP contribution is -2.32. The second-order valence-corrected chi connectivity index (χ2v) is 4.96. The fraction of sp³-hybridized carbons (Fsp3) is 0.429. The van der Waals surface area contributed by atoms with Gasteiger partial charge in [-0.3, -0.25) is 9.36 Å². The monoisotopic (exact) mass is 277 g/mol. The summed E-state index contributed by atoms with van der Waals surface area (Å²) in [6, 6.07) is 5.12. The number of aryl methyl sites for hydroxylation is 1. The van der Waals surface area contributed by atoms with E-state index in [9.17, 15) is 9.59 Å². The molecule has 1 aromatic heterocycles. The highest BCUT2D eigenvalue weighted by molar-refractivity contribution is 5.97. The summed E-state index contributed by atoms with van der Waals surface area (Å²) in [7, 11) is 1.68. The maximum Gasteiger partial charge on any atom is 0.326 e. The van der Waals surface area contributed by atoms with Crippen molar-refractivity contribution in [3.63, 3.8) is 0 Å². The minimum Gasteiger partial charge on any atom is -0.396 e. The summed E-state index contributed by atoms with van der Waals surface area (Å²) < 4.78 is 1.50. The summed E-state index contributed by atoms with van der Waals surface area (Å²) >= 11 is 0. The van der Waals surface area contributed by atoms with Crippen molar-refractivity contribution in [2.75, 3.05) is 6.61 Å². The van der Waals surface area contributed by atoms with E-state index >= 15 is 0 Å². The molecule has 6 heteroatoms. The number of hydrogen-bond acceptors (Lipinski definition) is 3. The molecule has 1 heterocycles. The third-order valence-electron chi connectivity index (χ3n) is 3.34. The molecule has 1 unspecified atom stereocenters. The molecule has 3 N–H and O–H groups in total. The van der Waals surface area contributed by atoms with Crippen LogP contribution in [0.25, 0.3) is 11.0 Å². The average molecular weight is 277 g/mol. The summed E-state index contributed by atoms with van der Waals surface area (Å²) in [6.45, 7) is 2.02. The van der Waals surface area contributed by atoms with E-state index in [0.717, 1.165) is 11.9 Å². The van der Waals surface area contributed by atoms with Gasteiger partial charge in [0.2, 0.25) is 0 Å². The van der Waals surface area contributed by atoms with Gasteiger partial charge in [0, 0.05) is 25.3 Å². The SMILES string of the molecule is CC(CCCO)NC(=O)c1ccc2c(c1)[nH]c(=O)n2C. The van der Waals surface area contributed by atoms with Gasteiger partial charge in [0.1, 0.15) is 0 Å². The molecule has 108 valence electrons. The summed E-state index contributed by atoms with van der Waals surface area (Å²) in [4.78, 5) is 26.3. The maximum absolute atomic E-state index is 12.1. The van der Waals surface area contributed by atoms with Gasteiger partial charge in [0.25, 0.3) is 5.91 Å². The molecule has 0 fully saturated rings. The lowest BCUT2D eigenvalue weighted by atomic mass is 10.1. The number of imidazole rings is 1. The number of aromatic amines is 1. The Balaban J connectivity index is 2.16. The molecule has 20 heavy (non-hydrogen) atoms. The van der Waals surface area contributed by atoms with Crippen LogP contribution in [0.1, 0.15) is 30.1 Å². The molecule has 0 aliphatic rings. The number of rotatable bonds is 5. The van der Waals surface area contributed by atoms with Gasteiger partial charge < -0.3 is 15.4 Å². The van der Waals surface area contributed by atoms with Crippen LogP contribution in [0, 0.1) is 0 Å². The number of H-pyrrole nitrogens is 1. The molecule has 1 aromatic carbocycles. The van der Waals surface area contributed by atoms with Crippen LogP contribution in [-0.2, 0) is 7.05 Å². The van der Waals surface area contributed by atoms with Crippen LogP contribution in [-0.4, -0.2) is 33.2 Å². The average Bonchev–Trinajstić information content (AvgIpc) is 2.71. The van der Waals surface area contributed by atoms with Crippen molar-refractivity contribution < 1.29 is 9.90 Å². The summed E-state index contributed by atoms with van der Waals surface area (Å²) in [5.74, 6) is -0.179. The van der Waals surface area contributed by atoms with Crippen molar-refractivity contribution in [3.05, 3.63) is 34.2 Å². The van der Waals surface area contributed by atoms with Crippen LogP contribution < -0.4 is 11.0 Å². The Morgan fingerprint density at radius 1 is 1.50 bits per heavy atom. The number of hydrogen-bond donors (Lipinski definition) is 3. The highest BCUT2D eigenvalue weighted by atomic mass is 16.3. The quantitative estimate of drug-likeness (QED) is 0.754. The molecule has 0 aliphatic heterocycles. The number of amides is 1. The van der Waals surface area contributed by atoms with Gasteiger partial charge in [-0.2, -0.15) is 0 Å². The van der Waals surface area contributed by atoms with E-state index < -0.39 is 0 Å². The van der Waals surface area contributed by atoms with Crippen molar-refractivity contribution in [2.24, 2.45) is 7.05 Å². The normalized spacial score (nSPS) is 12.6. The number of aliphatic hydroxyl groups is 1. The minimum absolute atomic E-state index is 0.000157. The highest BCUT2D eigenvalue weighted by Gasteiger charge is 2.11. The van der Waals surface area contributed by atoms with Crippen LogP contribution in [0.2, 0.25) is 0 Å². The van der Waals surface area contributed by atoms with Gasteiger partial charge >= 0.3 is 5.69 Å². The predicted octanol–water partition coefficient (Wildman–Crippen LogP) is 0.757. The molecule has 6 nitrogen and oxygen atoms in total.